The number of aromatic nitrogens is 2. The third-order valence-electron chi connectivity index (χ3n) is 5.14. The van der Waals surface area contributed by atoms with Gasteiger partial charge in [-0.1, -0.05) is 13.8 Å². The van der Waals surface area contributed by atoms with Crippen LogP contribution in [-0.4, -0.2) is 28.5 Å². The molecule has 1 saturated carbocycles. The normalized spacial score (nSPS) is 32.6. The monoisotopic (exact) mass is 263 g/mol. The van der Waals surface area contributed by atoms with Crippen molar-refractivity contribution in [2.75, 3.05) is 11.9 Å². The summed E-state index contributed by atoms with van der Waals surface area (Å²) in [5, 5.41) is 8.26. The summed E-state index contributed by atoms with van der Waals surface area (Å²) in [7, 11) is 2.01. The Kier molecular flexibility index (Phi) is 2.89. The summed E-state index contributed by atoms with van der Waals surface area (Å²) in [6, 6.07) is 0.499. The lowest BCUT2D eigenvalue weighted by Crippen LogP contribution is -2.67. The molecule has 2 heterocycles. The number of nitrogens with zero attached hydrogens (tertiary/aromatic N) is 2. The zero-order valence-electron chi connectivity index (χ0n) is 12.7. The van der Waals surface area contributed by atoms with Gasteiger partial charge in [0, 0.05) is 31.0 Å². The lowest BCUT2D eigenvalue weighted by Gasteiger charge is -2.60. The molecule has 1 saturated heterocycles. The first-order valence-corrected chi connectivity index (χ1v) is 7.31. The van der Waals surface area contributed by atoms with Crippen LogP contribution in [0.2, 0.25) is 0 Å². The molecule has 1 aromatic rings. The highest BCUT2D eigenvalue weighted by atomic mass is 16.5. The maximum atomic E-state index is 5.96. The first-order chi connectivity index (χ1) is 8.93. The van der Waals surface area contributed by atoms with Crippen LogP contribution in [0.25, 0.3) is 0 Å². The van der Waals surface area contributed by atoms with Gasteiger partial charge in [0.15, 0.2) is 0 Å². The summed E-state index contributed by atoms with van der Waals surface area (Å²) in [4.78, 5) is 0. The van der Waals surface area contributed by atoms with E-state index >= 15 is 0 Å². The number of hydrogen-bond acceptors (Lipinski definition) is 3. The summed E-state index contributed by atoms with van der Waals surface area (Å²) >= 11 is 0. The minimum Gasteiger partial charge on any atom is -0.378 e. The fourth-order valence-electron chi connectivity index (χ4n) is 3.95. The first-order valence-electron chi connectivity index (χ1n) is 7.31. The highest BCUT2D eigenvalue weighted by molar-refractivity contribution is 5.54. The average Bonchev–Trinajstić information content (AvgIpc) is 2.61. The molecule has 2 aliphatic rings. The molecule has 1 aliphatic carbocycles. The number of fused-ring (bicyclic) bond motifs is 1. The van der Waals surface area contributed by atoms with E-state index in [-0.39, 0.29) is 5.41 Å². The molecular weight excluding hydrogens is 238 g/mol. The van der Waals surface area contributed by atoms with E-state index in [1.807, 2.05) is 11.7 Å². The lowest BCUT2D eigenvalue weighted by atomic mass is 9.55. The van der Waals surface area contributed by atoms with Crippen molar-refractivity contribution in [2.45, 2.75) is 52.7 Å². The molecule has 1 N–H and O–H groups in total. The van der Waals surface area contributed by atoms with Crippen LogP contribution >= 0.6 is 0 Å². The van der Waals surface area contributed by atoms with Gasteiger partial charge in [0.2, 0.25) is 0 Å². The van der Waals surface area contributed by atoms with Crippen molar-refractivity contribution in [2.24, 2.45) is 18.4 Å². The molecule has 0 bridgehead atoms. The Labute approximate surface area is 115 Å². The Hall–Kier alpha value is -1.03. The summed E-state index contributed by atoms with van der Waals surface area (Å²) in [5.74, 6) is 0.655. The Bertz CT molecular complexity index is 492. The topological polar surface area (TPSA) is 39.1 Å². The number of nitrogens with one attached hydrogen (secondary N) is 1. The summed E-state index contributed by atoms with van der Waals surface area (Å²) < 4.78 is 7.92. The van der Waals surface area contributed by atoms with E-state index in [0.29, 0.717) is 18.1 Å². The Morgan fingerprint density at radius 2 is 2.11 bits per heavy atom. The molecule has 0 aromatic carbocycles. The molecule has 4 nitrogen and oxygen atoms in total. The van der Waals surface area contributed by atoms with Crippen LogP contribution in [0, 0.1) is 25.2 Å². The van der Waals surface area contributed by atoms with E-state index in [4.69, 9.17) is 4.74 Å². The van der Waals surface area contributed by atoms with Gasteiger partial charge in [0.05, 0.1) is 23.2 Å². The van der Waals surface area contributed by atoms with E-state index in [0.717, 1.165) is 12.3 Å². The van der Waals surface area contributed by atoms with Gasteiger partial charge in [-0.25, -0.2) is 0 Å². The largest absolute Gasteiger partial charge is 0.378 e. The molecular formula is C15H25N3O. The minimum absolute atomic E-state index is 0.208. The molecule has 3 rings (SSSR count). The molecule has 0 radical (unpaired) electrons. The fourth-order valence-corrected chi connectivity index (χ4v) is 3.95. The van der Waals surface area contributed by atoms with Gasteiger partial charge in [-0.2, -0.15) is 5.10 Å². The highest BCUT2D eigenvalue weighted by Crippen LogP contribution is 2.52. The van der Waals surface area contributed by atoms with Crippen molar-refractivity contribution < 1.29 is 4.74 Å². The predicted octanol–water partition coefficient (Wildman–Crippen LogP) is 2.65. The van der Waals surface area contributed by atoms with Gasteiger partial charge in [0.25, 0.3) is 0 Å². The van der Waals surface area contributed by atoms with Crippen LogP contribution in [0.4, 0.5) is 5.69 Å². The second kappa shape index (κ2) is 4.23. The van der Waals surface area contributed by atoms with Crippen LogP contribution in [-0.2, 0) is 11.8 Å². The van der Waals surface area contributed by atoms with Crippen molar-refractivity contribution in [3.63, 3.8) is 0 Å². The van der Waals surface area contributed by atoms with Gasteiger partial charge in [-0.15, -0.1) is 0 Å². The van der Waals surface area contributed by atoms with E-state index < -0.39 is 0 Å². The maximum absolute atomic E-state index is 5.96. The van der Waals surface area contributed by atoms with E-state index in [2.05, 4.69) is 38.1 Å². The number of anilines is 1. The van der Waals surface area contributed by atoms with Crippen molar-refractivity contribution in [3.05, 3.63) is 11.4 Å². The summed E-state index contributed by atoms with van der Waals surface area (Å²) in [6.07, 6.45) is 2.90. The van der Waals surface area contributed by atoms with Gasteiger partial charge in [0.1, 0.15) is 0 Å². The molecule has 1 aromatic heterocycles. The van der Waals surface area contributed by atoms with Crippen molar-refractivity contribution in [3.8, 4) is 0 Å². The van der Waals surface area contributed by atoms with E-state index in [1.54, 1.807) is 0 Å². The molecule has 106 valence electrons. The Morgan fingerprint density at radius 3 is 2.74 bits per heavy atom. The zero-order valence-corrected chi connectivity index (χ0v) is 12.7. The number of rotatable bonds is 2. The second-order valence-electron chi connectivity index (χ2n) is 6.71. The second-order valence-corrected chi connectivity index (χ2v) is 6.71. The average molecular weight is 263 g/mol. The van der Waals surface area contributed by atoms with Gasteiger partial charge >= 0.3 is 0 Å². The molecule has 1 aliphatic heterocycles. The highest BCUT2D eigenvalue weighted by Gasteiger charge is 2.58. The molecule has 3 atom stereocenters. The molecule has 19 heavy (non-hydrogen) atoms. The number of ether oxygens (including phenoxy) is 1. The van der Waals surface area contributed by atoms with E-state index in [9.17, 15) is 0 Å². The van der Waals surface area contributed by atoms with Crippen LogP contribution in [0.1, 0.15) is 38.1 Å². The van der Waals surface area contributed by atoms with Gasteiger partial charge in [-0.05, 0) is 26.7 Å². The smallest absolute Gasteiger partial charge is 0.0827 e. The molecule has 2 fully saturated rings. The SMILES string of the molecule is Cc1nn(C)c(C)c1NC1C2CCCOC2C1(C)C. The molecule has 3 unspecified atom stereocenters. The van der Waals surface area contributed by atoms with Crippen LogP contribution < -0.4 is 5.32 Å². The molecule has 0 spiro atoms. The van der Waals surface area contributed by atoms with Crippen LogP contribution in [0.5, 0.6) is 0 Å². The van der Waals surface area contributed by atoms with Gasteiger partial charge < -0.3 is 10.1 Å². The third kappa shape index (κ3) is 1.80. The van der Waals surface area contributed by atoms with E-state index in [1.165, 1.54) is 24.2 Å². The third-order valence-corrected chi connectivity index (χ3v) is 5.14. The molecule has 0 amide bonds. The van der Waals surface area contributed by atoms with Crippen molar-refractivity contribution in [1.29, 1.82) is 0 Å². The fraction of sp³-hybridized carbons (Fsp3) is 0.800. The standard InChI is InChI=1S/C15H25N3O/c1-9-12(10(2)18(5)17-9)16-13-11-7-6-8-19-14(11)15(13,3)4/h11,13-14,16H,6-8H2,1-5H3. The van der Waals surface area contributed by atoms with Crippen molar-refractivity contribution in [1.82, 2.24) is 9.78 Å². The lowest BCUT2D eigenvalue weighted by molar-refractivity contribution is -0.177. The number of hydrogen-bond donors (Lipinski definition) is 1. The molecule has 4 heteroatoms. The quantitative estimate of drug-likeness (QED) is 0.891. The predicted molar refractivity (Wildman–Crippen MR) is 76.3 cm³/mol. The Balaban J connectivity index is 1.83. The maximum Gasteiger partial charge on any atom is 0.0827 e. The Morgan fingerprint density at radius 1 is 1.37 bits per heavy atom. The zero-order chi connectivity index (χ0) is 13.8. The number of aryl methyl sites for hydroxylation is 2. The summed E-state index contributed by atoms with van der Waals surface area (Å²) in [6.45, 7) is 9.78. The minimum atomic E-state index is 0.208. The van der Waals surface area contributed by atoms with Crippen LogP contribution in [0.15, 0.2) is 0 Å². The summed E-state index contributed by atoms with van der Waals surface area (Å²) in [5.41, 5.74) is 3.73. The van der Waals surface area contributed by atoms with Crippen LogP contribution in [0.3, 0.4) is 0 Å². The van der Waals surface area contributed by atoms with Gasteiger partial charge in [-0.3, -0.25) is 4.68 Å². The first kappa shape index (κ1) is 13.0. The van der Waals surface area contributed by atoms with Crippen molar-refractivity contribution >= 4 is 5.69 Å².